The Morgan fingerprint density at radius 2 is 1.68 bits per heavy atom. The second-order valence-electron chi connectivity index (χ2n) is 9.87. The van der Waals surface area contributed by atoms with Crippen molar-refractivity contribution in [3.05, 3.63) is 71.2 Å². The van der Waals surface area contributed by atoms with Gasteiger partial charge in [0.2, 0.25) is 5.91 Å². The molecule has 1 aromatic heterocycles. The molecule has 2 aliphatic rings. The normalized spacial score (nSPS) is 16.6. The van der Waals surface area contributed by atoms with Crippen LogP contribution in [0.2, 0.25) is 0 Å². The van der Waals surface area contributed by atoms with Crippen LogP contribution in [0.5, 0.6) is 11.5 Å². The van der Waals surface area contributed by atoms with E-state index in [1.165, 1.54) is 19.1 Å². The predicted octanol–water partition coefficient (Wildman–Crippen LogP) is 5.23. The number of aryl methyl sites for hydroxylation is 1. The van der Waals surface area contributed by atoms with Crippen molar-refractivity contribution in [1.29, 1.82) is 0 Å². The molecule has 2 aromatic carbocycles. The average molecular weight is 567 g/mol. The third-order valence-electron chi connectivity index (χ3n) is 6.99. The monoisotopic (exact) mass is 566 g/mol. The maximum atomic E-state index is 13.8. The maximum Gasteiger partial charge on any atom is 0.416 e. The van der Waals surface area contributed by atoms with Crippen LogP contribution in [0.25, 0.3) is 0 Å². The smallest absolute Gasteiger partial charge is 0.416 e. The van der Waals surface area contributed by atoms with Gasteiger partial charge in [0.15, 0.2) is 0 Å². The highest BCUT2D eigenvalue weighted by atomic mass is 19.4. The summed E-state index contributed by atoms with van der Waals surface area (Å²) < 4.78 is 44.8. The summed E-state index contributed by atoms with van der Waals surface area (Å²) in [6, 6.07) is 9.20. The number of amides is 2. The van der Waals surface area contributed by atoms with E-state index in [0.29, 0.717) is 56.5 Å². The Morgan fingerprint density at radius 1 is 1.00 bits per heavy atom. The lowest BCUT2D eigenvalue weighted by molar-refractivity contribution is -0.137. The van der Waals surface area contributed by atoms with Crippen molar-refractivity contribution in [2.45, 2.75) is 32.9 Å². The van der Waals surface area contributed by atoms with E-state index in [1.54, 1.807) is 34.2 Å². The number of carbonyl (C=O) groups is 2. The molecule has 0 spiro atoms. The molecule has 2 amide bonds. The van der Waals surface area contributed by atoms with E-state index < -0.39 is 11.7 Å². The first-order chi connectivity index (χ1) is 19.6. The molecule has 1 saturated heterocycles. The topological polar surface area (TPSA) is 100 Å². The summed E-state index contributed by atoms with van der Waals surface area (Å²) in [4.78, 5) is 42.6. The van der Waals surface area contributed by atoms with E-state index >= 15 is 0 Å². The van der Waals surface area contributed by atoms with E-state index in [-0.39, 0.29) is 28.9 Å². The lowest BCUT2D eigenvalue weighted by Crippen LogP contribution is -2.50. The van der Waals surface area contributed by atoms with E-state index in [9.17, 15) is 22.8 Å². The third-order valence-corrected chi connectivity index (χ3v) is 6.99. The van der Waals surface area contributed by atoms with Gasteiger partial charge in [0, 0.05) is 45.8 Å². The van der Waals surface area contributed by atoms with Gasteiger partial charge in [0.05, 0.1) is 28.1 Å². The summed E-state index contributed by atoms with van der Waals surface area (Å²) >= 11 is 0. The molecule has 3 heterocycles. The molecule has 0 radical (unpaired) electrons. The van der Waals surface area contributed by atoms with Gasteiger partial charge >= 0.3 is 6.18 Å². The van der Waals surface area contributed by atoms with Gasteiger partial charge in [-0.15, -0.1) is 0 Å². The first-order valence-corrected chi connectivity index (χ1v) is 13.3. The molecule has 0 saturated carbocycles. The fourth-order valence-electron chi connectivity index (χ4n) is 4.77. The quantitative estimate of drug-likeness (QED) is 0.465. The van der Waals surface area contributed by atoms with Crippen molar-refractivity contribution in [2.75, 3.05) is 38.0 Å². The number of fused-ring (bicyclic) bond motifs is 1. The van der Waals surface area contributed by atoms with Crippen LogP contribution < -0.4 is 10.1 Å². The molecule has 41 heavy (non-hydrogen) atoms. The first kappa shape index (κ1) is 28.1. The van der Waals surface area contributed by atoms with E-state index in [4.69, 9.17) is 9.73 Å². The number of hydrogen-bond acceptors (Lipinski definition) is 7. The molecular formula is C29H29F3N6O3. The molecule has 12 heteroatoms. The summed E-state index contributed by atoms with van der Waals surface area (Å²) in [7, 11) is 0. The lowest BCUT2D eigenvalue weighted by Gasteiger charge is -2.34. The Balaban J connectivity index is 1.50. The Morgan fingerprint density at radius 3 is 2.37 bits per heavy atom. The highest BCUT2D eigenvalue weighted by Crippen LogP contribution is 2.34. The number of carbonyl (C=O) groups excluding carboxylic acids is 2. The zero-order chi connectivity index (χ0) is 29.1. The van der Waals surface area contributed by atoms with Crippen LogP contribution >= 0.6 is 0 Å². The molecular weight excluding hydrogens is 537 g/mol. The zero-order valence-electron chi connectivity index (χ0n) is 22.7. The molecule has 0 aliphatic carbocycles. The minimum Gasteiger partial charge on any atom is -0.457 e. The second kappa shape index (κ2) is 11.6. The minimum absolute atomic E-state index is 0.0470. The number of halogens is 3. The number of nitrogens with one attached hydrogen (secondary N) is 1. The van der Waals surface area contributed by atoms with Crippen LogP contribution in [-0.2, 0) is 11.0 Å². The number of nitrogens with zero attached hydrogens (tertiary/aromatic N) is 5. The van der Waals surface area contributed by atoms with Crippen molar-refractivity contribution in [3.63, 3.8) is 0 Å². The summed E-state index contributed by atoms with van der Waals surface area (Å²) in [6.07, 6.45) is -1.29. The highest BCUT2D eigenvalue weighted by molar-refractivity contribution is 6.08. The third kappa shape index (κ3) is 6.47. The maximum absolute atomic E-state index is 13.8. The van der Waals surface area contributed by atoms with Crippen molar-refractivity contribution in [3.8, 4) is 11.5 Å². The van der Waals surface area contributed by atoms with Gasteiger partial charge in [-0.3, -0.25) is 14.6 Å². The zero-order valence-corrected chi connectivity index (χ0v) is 22.7. The number of anilines is 1. The van der Waals surface area contributed by atoms with Gasteiger partial charge in [0.25, 0.3) is 5.91 Å². The summed E-state index contributed by atoms with van der Waals surface area (Å²) in [5.41, 5.74) is 1.41. The Bertz CT molecular complexity index is 1480. The number of rotatable bonds is 4. The molecule has 0 unspecified atom stereocenters. The standard InChI is InChI=1S/C29H29F3N6O3/c1-18-34-17-24-25(4-3-11-33-27(24)35-18)36-26-10-9-22(41-21-7-5-20(6-8-21)29(30,31)32)16-23(26)28(40)38-14-12-37(13-15-38)19(2)39/h5-10,16-17H,3-4,11-15H2,1-2H3,(H,33,34,35). The molecule has 2 aliphatic heterocycles. The summed E-state index contributed by atoms with van der Waals surface area (Å²) in [5, 5.41) is 3.30. The van der Waals surface area contributed by atoms with Gasteiger partial charge in [0.1, 0.15) is 23.1 Å². The molecule has 1 fully saturated rings. The van der Waals surface area contributed by atoms with E-state index in [1.807, 2.05) is 6.92 Å². The average Bonchev–Trinajstić information content (AvgIpc) is 3.14. The number of ether oxygens (including phenoxy) is 1. The molecule has 0 bridgehead atoms. The minimum atomic E-state index is -4.46. The Labute approximate surface area is 235 Å². The number of hydrogen-bond donors (Lipinski definition) is 1. The van der Waals surface area contributed by atoms with Gasteiger partial charge in [-0.25, -0.2) is 9.97 Å². The van der Waals surface area contributed by atoms with E-state index in [2.05, 4.69) is 15.3 Å². The fourth-order valence-corrected chi connectivity index (χ4v) is 4.77. The molecule has 1 N–H and O–H groups in total. The van der Waals surface area contributed by atoms with Crippen LogP contribution in [-0.4, -0.2) is 70.0 Å². The number of piperazine rings is 1. The van der Waals surface area contributed by atoms with Gasteiger partial charge < -0.3 is 19.9 Å². The predicted molar refractivity (Wildman–Crippen MR) is 147 cm³/mol. The van der Waals surface area contributed by atoms with Crippen molar-refractivity contribution >= 4 is 29.0 Å². The second-order valence-corrected chi connectivity index (χ2v) is 9.87. The summed E-state index contributed by atoms with van der Waals surface area (Å²) in [5.74, 6) is 1.46. The first-order valence-electron chi connectivity index (χ1n) is 13.3. The number of benzene rings is 2. The van der Waals surface area contributed by atoms with Gasteiger partial charge in [-0.2, -0.15) is 13.2 Å². The molecule has 0 atom stereocenters. The molecule has 5 rings (SSSR count). The van der Waals surface area contributed by atoms with E-state index in [0.717, 1.165) is 29.8 Å². The highest BCUT2D eigenvalue weighted by Gasteiger charge is 2.30. The van der Waals surface area contributed by atoms with Gasteiger partial charge in [-0.05, 0) is 62.2 Å². The van der Waals surface area contributed by atoms with Crippen LogP contribution in [0.4, 0.5) is 24.7 Å². The number of aliphatic imine (C=N–C) groups is 1. The van der Waals surface area contributed by atoms with Crippen molar-refractivity contribution < 1.29 is 27.5 Å². The largest absolute Gasteiger partial charge is 0.457 e. The number of alkyl halides is 3. The van der Waals surface area contributed by atoms with Crippen LogP contribution in [0.1, 0.15) is 47.1 Å². The van der Waals surface area contributed by atoms with Crippen LogP contribution in [0.3, 0.4) is 0 Å². The van der Waals surface area contributed by atoms with Gasteiger partial charge in [-0.1, -0.05) is 0 Å². The molecule has 214 valence electrons. The summed E-state index contributed by atoms with van der Waals surface area (Å²) in [6.45, 7) is 5.58. The van der Waals surface area contributed by atoms with Crippen molar-refractivity contribution in [2.24, 2.45) is 4.99 Å². The fraction of sp³-hybridized carbons (Fsp3) is 0.345. The van der Waals surface area contributed by atoms with Crippen molar-refractivity contribution in [1.82, 2.24) is 19.8 Å². The molecule has 9 nitrogen and oxygen atoms in total. The lowest BCUT2D eigenvalue weighted by atomic mass is 10.1. The van der Waals surface area contributed by atoms with Crippen LogP contribution in [0, 0.1) is 6.92 Å². The SMILES string of the molecule is CC(=O)N1CCN(C(=O)c2cc(Oc3ccc(C(F)(F)F)cc3)ccc2N=C2CCCNc3nc(C)ncc32)CC1. The number of aromatic nitrogens is 2. The Kier molecular flexibility index (Phi) is 7.91. The molecule has 3 aromatic rings. The van der Waals surface area contributed by atoms with Crippen LogP contribution in [0.15, 0.2) is 53.7 Å². The Hall–Kier alpha value is -4.48.